The Morgan fingerprint density at radius 1 is 0.914 bits per heavy atom. The van der Waals surface area contributed by atoms with Crippen LogP contribution in [-0.4, -0.2) is 47.7 Å². The number of esters is 1. The number of carbonyl (C=O) groups excluding carboxylic acids is 1. The molecule has 6 nitrogen and oxygen atoms in total. The Kier molecular flexibility index (Phi) is 6.35. The third-order valence-electron chi connectivity index (χ3n) is 9.42. The average Bonchev–Trinajstić information content (AvgIpc) is 3.18. The summed E-state index contributed by atoms with van der Waals surface area (Å²) in [4.78, 5) is 13.0. The van der Waals surface area contributed by atoms with Crippen molar-refractivity contribution in [2.45, 2.75) is 108 Å². The molecule has 1 aliphatic carbocycles. The molecule has 0 saturated carbocycles. The summed E-state index contributed by atoms with van der Waals surface area (Å²) in [6.07, 6.45) is -0.737. The maximum Gasteiger partial charge on any atom is 0.312 e. The molecule has 4 rings (SSSR count). The molecule has 0 bridgehead atoms. The van der Waals surface area contributed by atoms with Gasteiger partial charge in [-0.05, 0) is 47.4 Å². The summed E-state index contributed by atoms with van der Waals surface area (Å²) in [5, 5.41) is -0.00582. The van der Waals surface area contributed by atoms with E-state index in [4.69, 9.17) is 23.1 Å². The molecule has 0 radical (unpaired) electrons. The summed E-state index contributed by atoms with van der Waals surface area (Å²) in [5.41, 5.74) is 1.00. The lowest BCUT2D eigenvalue weighted by Crippen LogP contribution is -2.63. The van der Waals surface area contributed by atoms with Crippen molar-refractivity contribution < 1.29 is 27.9 Å². The molecule has 0 unspecified atom stereocenters. The van der Waals surface area contributed by atoms with E-state index in [0.717, 1.165) is 11.1 Å². The zero-order chi connectivity index (χ0) is 26.2. The van der Waals surface area contributed by atoms with Gasteiger partial charge in [0.1, 0.15) is 12.5 Å². The van der Waals surface area contributed by atoms with Gasteiger partial charge < -0.3 is 23.1 Å². The minimum atomic E-state index is -2.29. The molecule has 2 fully saturated rings. The molecule has 0 N–H and O–H groups in total. The van der Waals surface area contributed by atoms with Crippen LogP contribution in [0.4, 0.5) is 0 Å². The van der Waals surface area contributed by atoms with Crippen LogP contribution in [0.5, 0.6) is 0 Å². The van der Waals surface area contributed by atoms with Crippen molar-refractivity contribution in [2.75, 3.05) is 13.7 Å². The molecular formula is C27H44O6Si2. The van der Waals surface area contributed by atoms with E-state index in [9.17, 15) is 4.79 Å². The Balaban J connectivity index is 1.95. The monoisotopic (exact) mass is 520 g/mol. The van der Waals surface area contributed by atoms with Crippen LogP contribution in [-0.2, 0) is 27.9 Å². The van der Waals surface area contributed by atoms with Gasteiger partial charge in [-0.1, -0.05) is 65.8 Å². The maximum atomic E-state index is 13.0. The van der Waals surface area contributed by atoms with Crippen molar-refractivity contribution in [1.82, 2.24) is 0 Å². The van der Waals surface area contributed by atoms with Gasteiger partial charge in [-0.15, -0.1) is 0 Å². The SMILES string of the molecule is CO[C@]12CC(=O)O[C@]13[C@H](O[Si](C)(C)C(C)(C)C)c1ccccc1[C@H](O[Si](C)(C)C(C)(C)C)[C@@H]3CO2. The predicted molar refractivity (Wildman–Crippen MR) is 141 cm³/mol. The van der Waals surface area contributed by atoms with E-state index in [1.165, 1.54) is 0 Å². The summed E-state index contributed by atoms with van der Waals surface area (Å²) >= 11 is 0. The average molecular weight is 521 g/mol. The lowest BCUT2D eigenvalue weighted by molar-refractivity contribution is -0.272. The lowest BCUT2D eigenvalue weighted by Gasteiger charge is -2.54. The fourth-order valence-electron chi connectivity index (χ4n) is 5.27. The highest BCUT2D eigenvalue weighted by Crippen LogP contribution is 2.65. The molecule has 8 heteroatoms. The van der Waals surface area contributed by atoms with Gasteiger partial charge in [-0.3, -0.25) is 4.79 Å². The number of ether oxygens (including phenoxy) is 3. The topological polar surface area (TPSA) is 63.2 Å². The zero-order valence-electron chi connectivity index (χ0n) is 23.4. The fourth-order valence-corrected chi connectivity index (χ4v) is 7.79. The van der Waals surface area contributed by atoms with Gasteiger partial charge in [0.15, 0.2) is 16.6 Å². The van der Waals surface area contributed by atoms with Crippen molar-refractivity contribution in [3.8, 4) is 0 Å². The second-order valence-electron chi connectivity index (χ2n) is 13.5. The van der Waals surface area contributed by atoms with Crippen LogP contribution in [0.15, 0.2) is 24.3 Å². The van der Waals surface area contributed by atoms with Crippen LogP contribution in [0.1, 0.15) is 71.3 Å². The number of hydrogen-bond donors (Lipinski definition) is 0. The van der Waals surface area contributed by atoms with E-state index in [0.29, 0.717) is 6.61 Å². The van der Waals surface area contributed by atoms with Crippen molar-refractivity contribution in [3.63, 3.8) is 0 Å². The summed E-state index contributed by atoms with van der Waals surface area (Å²) in [6.45, 7) is 22.8. The van der Waals surface area contributed by atoms with Crippen LogP contribution in [0, 0.1) is 5.92 Å². The Bertz CT molecular complexity index is 994. The molecule has 2 heterocycles. The number of methoxy groups -OCH3 is 1. The highest BCUT2D eigenvalue weighted by Gasteiger charge is 2.78. The van der Waals surface area contributed by atoms with Crippen LogP contribution in [0.25, 0.3) is 0 Å². The molecule has 0 aromatic heterocycles. The molecule has 1 spiro atoms. The maximum absolute atomic E-state index is 13.0. The van der Waals surface area contributed by atoms with Crippen LogP contribution < -0.4 is 0 Å². The van der Waals surface area contributed by atoms with Gasteiger partial charge in [0.25, 0.3) is 0 Å². The van der Waals surface area contributed by atoms with Gasteiger partial charge in [0.05, 0.1) is 18.6 Å². The molecule has 5 atom stereocenters. The third kappa shape index (κ3) is 3.90. The smallest absolute Gasteiger partial charge is 0.312 e. The molecule has 196 valence electrons. The highest BCUT2D eigenvalue weighted by atomic mass is 28.4. The lowest BCUT2D eigenvalue weighted by atomic mass is 9.67. The molecule has 1 aromatic carbocycles. The highest BCUT2D eigenvalue weighted by molar-refractivity contribution is 6.74. The first-order valence-electron chi connectivity index (χ1n) is 12.8. The van der Waals surface area contributed by atoms with Gasteiger partial charge in [0.2, 0.25) is 11.4 Å². The number of hydrogen-bond acceptors (Lipinski definition) is 6. The standard InChI is InChI=1S/C27H44O6Si2/c1-24(2,3)34(8,9)32-22-18-14-12-13-15-19(18)23(33-35(10,11)25(4,5)6)27-20(22)17-30-26(27,29-7)16-21(28)31-27/h12-15,20,22-23H,16-17H2,1-11H3/t20-,22-,23+,26-,27+/m0/s1. The van der Waals surface area contributed by atoms with E-state index in [1.54, 1.807) is 7.11 Å². The van der Waals surface area contributed by atoms with Crippen LogP contribution in [0.2, 0.25) is 36.3 Å². The summed E-state index contributed by atoms with van der Waals surface area (Å²) in [6, 6.07) is 8.33. The summed E-state index contributed by atoms with van der Waals surface area (Å²) in [7, 11) is -2.86. The summed E-state index contributed by atoms with van der Waals surface area (Å²) in [5.74, 6) is -1.76. The second-order valence-corrected chi connectivity index (χ2v) is 23.0. The fraction of sp³-hybridized carbons (Fsp3) is 0.741. The number of benzene rings is 1. The normalized spacial score (nSPS) is 33.2. The third-order valence-corrected chi connectivity index (χ3v) is 18.3. The molecule has 2 saturated heterocycles. The van der Waals surface area contributed by atoms with Crippen molar-refractivity contribution >= 4 is 22.6 Å². The first kappa shape index (κ1) is 27.0. The van der Waals surface area contributed by atoms with Crippen LogP contribution >= 0.6 is 0 Å². The Morgan fingerprint density at radius 2 is 1.46 bits per heavy atom. The Morgan fingerprint density at radius 3 is 2.00 bits per heavy atom. The minimum absolute atomic E-state index is 0.0216. The molecule has 1 aromatic rings. The molecular weight excluding hydrogens is 476 g/mol. The summed E-state index contributed by atoms with van der Waals surface area (Å²) < 4.78 is 33.1. The van der Waals surface area contributed by atoms with E-state index < -0.39 is 34.1 Å². The molecule has 2 aliphatic heterocycles. The second kappa shape index (κ2) is 8.23. The van der Waals surface area contributed by atoms with Gasteiger partial charge >= 0.3 is 5.97 Å². The molecule has 3 aliphatic rings. The zero-order valence-corrected chi connectivity index (χ0v) is 25.4. The van der Waals surface area contributed by atoms with E-state index in [1.807, 2.05) is 6.07 Å². The van der Waals surface area contributed by atoms with E-state index in [-0.39, 0.29) is 34.5 Å². The minimum Gasteiger partial charge on any atom is -0.449 e. The first-order chi connectivity index (χ1) is 15.9. The Hall–Kier alpha value is -1.04. The van der Waals surface area contributed by atoms with Crippen molar-refractivity contribution in [1.29, 1.82) is 0 Å². The number of rotatable bonds is 5. The largest absolute Gasteiger partial charge is 0.449 e. The molecule has 0 amide bonds. The molecule has 35 heavy (non-hydrogen) atoms. The quantitative estimate of drug-likeness (QED) is 0.326. The van der Waals surface area contributed by atoms with Crippen LogP contribution in [0.3, 0.4) is 0 Å². The van der Waals surface area contributed by atoms with Crippen molar-refractivity contribution in [3.05, 3.63) is 35.4 Å². The van der Waals surface area contributed by atoms with Crippen molar-refractivity contribution in [2.24, 2.45) is 5.92 Å². The van der Waals surface area contributed by atoms with Gasteiger partial charge in [-0.25, -0.2) is 0 Å². The Labute approximate surface area is 213 Å². The predicted octanol–water partition coefficient (Wildman–Crippen LogP) is 6.50. The first-order valence-corrected chi connectivity index (χ1v) is 18.6. The number of carbonyl (C=O) groups is 1. The number of fused-ring (bicyclic) bond motifs is 1. The van der Waals surface area contributed by atoms with Gasteiger partial charge in [0, 0.05) is 7.11 Å². The van der Waals surface area contributed by atoms with Gasteiger partial charge in [-0.2, -0.15) is 0 Å². The van der Waals surface area contributed by atoms with E-state index in [2.05, 4.69) is 85.9 Å². The van der Waals surface area contributed by atoms with E-state index >= 15 is 0 Å².